The van der Waals surface area contributed by atoms with Crippen molar-refractivity contribution in [1.82, 2.24) is 0 Å². The molecule has 0 aliphatic rings. The van der Waals surface area contributed by atoms with Gasteiger partial charge in [-0.2, -0.15) is 0 Å². The minimum Gasteiger partial charge on any atom is -0.410 e. The quantitative estimate of drug-likeness (QED) is 0.686. The lowest BCUT2D eigenvalue weighted by atomic mass is 10.1. The van der Waals surface area contributed by atoms with Gasteiger partial charge in [0.2, 0.25) is 0 Å². The maximum Gasteiger partial charge on any atom is 0.417 e. The number of amides is 1. The number of hydrogen-bond acceptors (Lipinski definition) is 4. The molecule has 0 atom stereocenters. The summed E-state index contributed by atoms with van der Waals surface area (Å²) in [6.45, 7) is 3.90. The number of ether oxygens (including phenoxy) is 1. The lowest BCUT2D eigenvalue weighted by molar-refractivity contribution is -0.384. The highest BCUT2D eigenvalue weighted by Crippen LogP contribution is 2.18. The molecule has 2 aromatic carbocycles. The Bertz CT molecular complexity index is 681. The van der Waals surface area contributed by atoms with Gasteiger partial charge in [0, 0.05) is 17.8 Å². The molecule has 0 saturated carbocycles. The van der Waals surface area contributed by atoms with Crippen LogP contribution < -0.4 is 10.1 Å². The fourth-order valence-corrected chi connectivity index (χ4v) is 1.69. The molecule has 1 amide bonds. The molecule has 21 heavy (non-hydrogen) atoms. The van der Waals surface area contributed by atoms with E-state index in [1.165, 1.54) is 24.3 Å². The molecule has 0 unspecified atom stereocenters. The molecule has 0 bridgehead atoms. The van der Waals surface area contributed by atoms with Crippen molar-refractivity contribution in [2.75, 3.05) is 5.32 Å². The molecule has 2 rings (SSSR count). The van der Waals surface area contributed by atoms with E-state index >= 15 is 0 Å². The minimum absolute atomic E-state index is 0.0388. The van der Waals surface area contributed by atoms with Crippen LogP contribution in [0.2, 0.25) is 0 Å². The lowest BCUT2D eigenvalue weighted by Crippen LogP contribution is -2.16. The predicted octanol–water partition coefficient (Wildman–Crippen LogP) is 3.82. The number of nitro groups is 1. The molecule has 6 heteroatoms. The topological polar surface area (TPSA) is 81.5 Å². The number of aryl methyl sites for hydroxylation is 2. The molecule has 0 aromatic heterocycles. The summed E-state index contributed by atoms with van der Waals surface area (Å²) in [5, 5.41) is 13.0. The molecular formula is C15H14N2O4. The number of nitrogens with zero attached hydrogens (tertiary/aromatic N) is 1. The Balaban J connectivity index is 2.01. The Morgan fingerprint density at radius 3 is 2.33 bits per heavy atom. The molecule has 1 N–H and O–H groups in total. The second kappa shape index (κ2) is 6.04. The van der Waals surface area contributed by atoms with Crippen LogP contribution in [0.15, 0.2) is 42.5 Å². The van der Waals surface area contributed by atoms with Gasteiger partial charge >= 0.3 is 6.09 Å². The molecular weight excluding hydrogens is 272 g/mol. The minimum atomic E-state index is -0.646. The first-order chi connectivity index (χ1) is 9.95. The zero-order chi connectivity index (χ0) is 15.4. The summed E-state index contributed by atoms with van der Waals surface area (Å²) in [6.07, 6.45) is -0.646. The lowest BCUT2D eigenvalue weighted by Gasteiger charge is -2.08. The van der Waals surface area contributed by atoms with Crippen LogP contribution in [0.3, 0.4) is 0 Å². The molecule has 108 valence electrons. The molecule has 0 aliphatic heterocycles. The van der Waals surface area contributed by atoms with Gasteiger partial charge in [-0.25, -0.2) is 4.79 Å². The second-order valence-electron chi connectivity index (χ2n) is 4.56. The van der Waals surface area contributed by atoms with Gasteiger partial charge in [0.05, 0.1) is 4.92 Å². The third-order valence-corrected chi connectivity index (χ3v) is 3.01. The van der Waals surface area contributed by atoms with Crippen LogP contribution in [-0.4, -0.2) is 11.0 Å². The first-order valence-electron chi connectivity index (χ1n) is 6.26. The summed E-state index contributed by atoms with van der Waals surface area (Å²) in [4.78, 5) is 21.8. The van der Waals surface area contributed by atoms with E-state index in [9.17, 15) is 14.9 Å². The first-order valence-corrected chi connectivity index (χ1v) is 6.26. The molecule has 2 aromatic rings. The number of nitrogens with one attached hydrogen (secondary N) is 1. The van der Waals surface area contributed by atoms with E-state index in [1.54, 1.807) is 12.1 Å². The smallest absolute Gasteiger partial charge is 0.410 e. The Morgan fingerprint density at radius 1 is 1.10 bits per heavy atom. The Hall–Kier alpha value is -2.89. The summed E-state index contributed by atoms with van der Waals surface area (Å²) in [7, 11) is 0. The van der Waals surface area contributed by atoms with E-state index in [4.69, 9.17) is 4.74 Å². The maximum absolute atomic E-state index is 11.7. The zero-order valence-corrected chi connectivity index (χ0v) is 11.6. The summed E-state index contributed by atoms with van der Waals surface area (Å²) in [5.74, 6) is 0.442. The van der Waals surface area contributed by atoms with Crippen molar-refractivity contribution in [3.05, 3.63) is 63.7 Å². The maximum atomic E-state index is 11.7. The SMILES string of the molecule is Cc1ccc(OC(=O)Nc2ccc([N+](=O)[O-])cc2)cc1C. The van der Waals surface area contributed by atoms with E-state index in [0.717, 1.165) is 11.1 Å². The number of anilines is 1. The van der Waals surface area contributed by atoms with Crippen molar-refractivity contribution in [3.63, 3.8) is 0 Å². The third-order valence-electron chi connectivity index (χ3n) is 3.01. The van der Waals surface area contributed by atoms with Crippen LogP contribution in [-0.2, 0) is 0 Å². The van der Waals surface area contributed by atoms with Crippen LogP contribution in [0.1, 0.15) is 11.1 Å². The largest absolute Gasteiger partial charge is 0.417 e. The number of non-ortho nitro benzene ring substituents is 1. The van der Waals surface area contributed by atoms with Crippen LogP contribution in [0.25, 0.3) is 0 Å². The molecule has 0 aliphatic carbocycles. The van der Waals surface area contributed by atoms with E-state index in [2.05, 4.69) is 5.32 Å². The number of hydrogen-bond donors (Lipinski definition) is 1. The first kappa shape index (κ1) is 14.5. The van der Waals surface area contributed by atoms with E-state index < -0.39 is 11.0 Å². The average molecular weight is 286 g/mol. The number of benzene rings is 2. The average Bonchev–Trinajstić information content (AvgIpc) is 2.43. The van der Waals surface area contributed by atoms with Crippen LogP contribution in [0.4, 0.5) is 16.2 Å². The van der Waals surface area contributed by atoms with E-state index in [0.29, 0.717) is 11.4 Å². The summed E-state index contributed by atoms with van der Waals surface area (Å²) in [6, 6.07) is 10.9. The molecule has 0 spiro atoms. The fourth-order valence-electron chi connectivity index (χ4n) is 1.69. The summed E-state index contributed by atoms with van der Waals surface area (Å²) in [5.41, 5.74) is 2.52. The van der Waals surface area contributed by atoms with Crippen molar-refractivity contribution < 1.29 is 14.5 Å². The number of rotatable bonds is 3. The van der Waals surface area contributed by atoms with Crippen molar-refractivity contribution in [2.24, 2.45) is 0 Å². The predicted molar refractivity (Wildman–Crippen MR) is 78.7 cm³/mol. The highest BCUT2D eigenvalue weighted by Gasteiger charge is 2.08. The van der Waals surface area contributed by atoms with Crippen LogP contribution >= 0.6 is 0 Å². The fraction of sp³-hybridized carbons (Fsp3) is 0.133. The third kappa shape index (κ3) is 3.79. The van der Waals surface area contributed by atoms with Crippen molar-refractivity contribution in [2.45, 2.75) is 13.8 Å². The highest BCUT2D eigenvalue weighted by molar-refractivity contribution is 5.86. The molecule has 0 saturated heterocycles. The normalized spacial score (nSPS) is 10.0. The highest BCUT2D eigenvalue weighted by atomic mass is 16.6. The van der Waals surface area contributed by atoms with Gasteiger partial charge in [-0.3, -0.25) is 15.4 Å². The summed E-state index contributed by atoms with van der Waals surface area (Å²) >= 11 is 0. The van der Waals surface area contributed by atoms with Crippen molar-refractivity contribution in [3.8, 4) is 5.75 Å². The van der Waals surface area contributed by atoms with Crippen LogP contribution in [0.5, 0.6) is 5.75 Å². The zero-order valence-electron chi connectivity index (χ0n) is 11.6. The number of carbonyl (C=O) groups excluding carboxylic acids is 1. The van der Waals surface area contributed by atoms with Gasteiger partial charge in [0.1, 0.15) is 5.75 Å². The van der Waals surface area contributed by atoms with Crippen molar-refractivity contribution >= 4 is 17.5 Å². The molecule has 0 heterocycles. The van der Waals surface area contributed by atoms with Gasteiger partial charge in [0.25, 0.3) is 5.69 Å². The molecule has 6 nitrogen and oxygen atoms in total. The van der Waals surface area contributed by atoms with Gasteiger partial charge < -0.3 is 4.74 Å². The Kier molecular flexibility index (Phi) is 4.18. The Labute approximate surface area is 121 Å². The van der Waals surface area contributed by atoms with Gasteiger partial charge in [-0.1, -0.05) is 6.07 Å². The van der Waals surface area contributed by atoms with Gasteiger partial charge in [-0.15, -0.1) is 0 Å². The number of carbonyl (C=O) groups is 1. The monoisotopic (exact) mass is 286 g/mol. The van der Waals surface area contributed by atoms with Crippen molar-refractivity contribution in [1.29, 1.82) is 0 Å². The molecule has 0 fully saturated rings. The standard InChI is InChI=1S/C15H14N2O4/c1-10-3-8-14(9-11(10)2)21-15(18)16-12-4-6-13(7-5-12)17(19)20/h3-9H,1-2H3,(H,16,18). The molecule has 0 radical (unpaired) electrons. The Morgan fingerprint density at radius 2 is 1.76 bits per heavy atom. The van der Waals surface area contributed by atoms with E-state index in [-0.39, 0.29) is 5.69 Å². The summed E-state index contributed by atoms with van der Waals surface area (Å²) < 4.78 is 5.15. The second-order valence-corrected chi connectivity index (χ2v) is 4.56. The van der Waals surface area contributed by atoms with Gasteiger partial charge in [-0.05, 0) is 49.2 Å². The van der Waals surface area contributed by atoms with Gasteiger partial charge in [0.15, 0.2) is 0 Å². The van der Waals surface area contributed by atoms with Crippen LogP contribution in [0, 0.1) is 24.0 Å². The number of nitro benzene ring substituents is 1. The van der Waals surface area contributed by atoms with E-state index in [1.807, 2.05) is 19.9 Å².